The Bertz CT molecular complexity index is 763. The van der Waals surface area contributed by atoms with Gasteiger partial charge in [0.05, 0.1) is 15.6 Å². The molecule has 0 radical (unpaired) electrons. The first kappa shape index (κ1) is 13.8. The van der Waals surface area contributed by atoms with Crippen molar-refractivity contribution in [2.75, 3.05) is 6.54 Å². The summed E-state index contributed by atoms with van der Waals surface area (Å²) in [6, 6.07) is 10.1. The molecule has 1 aliphatic heterocycles. The third-order valence-electron chi connectivity index (χ3n) is 3.42. The first-order valence-corrected chi connectivity index (χ1v) is 7.19. The lowest BCUT2D eigenvalue weighted by Gasteiger charge is -2.14. The van der Waals surface area contributed by atoms with Crippen molar-refractivity contribution >= 4 is 27.7 Å². The highest BCUT2D eigenvalue weighted by Gasteiger charge is 2.34. The highest BCUT2D eigenvalue weighted by molar-refractivity contribution is 9.10. The number of benzene rings is 1. The topological polar surface area (TPSA) is 59.4 Å². The maximum absolute atomic E-state index is 12.2. The van der Waals surface area contributed by atoms with Crippen molar-refractivity contribution in [1.29, 1.82) is 0 Å². The van der Waals surface area contributed by atoms with Crippen LogP contribution in [0.3, 0.4) is 0 Å². The number of carbonyl (C=O) groups is 2. The summed E-state index contributed by atoms with van der Waals surface area (Å²) in [5.74, 6) is -0.614. The van der Waals surface area contributed by atoms with Crippen LogP contribution in [0.1, 0.15) is 20.7 Å². The summed E-state index contributed by atoms with van der Waals surface area (Å²) in [5, 5.41) is 0. The van der Waals surface area contributed by atoms with Crippen molar-refractivity contribution in [3.63, 3.8) is 0 Å². The molecule has 0 N–H and O–H groups in total. The summed E-state index contributed by atoms with van der Waals surface area (Å²) >= 11 is 3.17. The van der Waals surface area contributed by atoms with E-state index >= 15 is 0 Å². The molecule has 3 rings (SSSR count). The lowest BCUT2D eigenvalue weighted by Crippen LogP contribution is -2.35. The van der Waals surface area contributed by atoms with Gasteiger partial charge in [0, 0.05) is 19.3 Å². The number of aromatic nitrogens is 1. The zero-order chi connectivity index (χ0) is 15.0. The zero-order valence-corrected chi connectivity index (χ0v) is 12.5. The molecule has 0 atom stereocenters. The first-order valence-electron chi connectivity index (χ1n) is 6.40. The number of pyridine rings is 1. The molecule has 0 bridgehead atoms. The fourth-order valence-corrected chi connectivity index (χ4v) is 2.71. The van der Waals surface area contributed by atoms with Gasteiger partial charge < -0.3 is 4.57 Å². The van der Waals surface area contributed by atoms with E-state index < -0.39 is 0 Å². The molecule has 21 heavy (non-hydrogen) atoms. The number of fused-ring (bicyclic) bond motifs is 1. The van der Waals surface area contributed by atoms with E-state index in [2.05, 4.69) is 15.9 Å². The Morgan fingerprint density at radius 2 is 1.48 bits per heavy atom. The van der Waals surface area contributed by atoms with E-state index in [0.29, 0.717) is 15.6 Å². The average molecular weight is 347 g/mol. The summed E-state index contributed by atoms with van der Waals surface area (Å²) in [6.07, 6.45) is 1.63. The Hall–Kier alpha value is -2.21. The normalized spacial score (nSPS) is 13.7. The number of imide groups is 1. The van der Waals surface area contributed by atoms with Crippen LogP contribution in [0.25, 0.3) is 0 Å². The number of hydrogen-bond donors (Lipinski definition) is 0. The fraction of sp³-hybridized carbons (Fsp3) is 0.133. The van der Waals surface area contributed by atoms with Crippen LogP contribution in [-0.2, 0) is 6.54 Å². The second-order valence-corrected chi connectivity index (χ2v) is 5.52. The monoisotopic (exact) mass is 346 g/mol. The second-order valence-electron chi connectivity index (χ2n) is 4.66. The van der Waals surface area contributed by atoms with Gasteiger partial charge in [-0.1, -0.05) is 12.1 Å². The third kappa shape index (κ3) is 2.31. The summed E-state index contributed by atoms with van der Waals surface area (Å²) in [4.78, 5) is 37.4. The van der Waals surface area contributed by atoms with Gasteiger partial charge >= 0.3 is 0 Å². The van der Waals surface area contributed by atoms with Crippen molar-refractivity contribution < 1.29 is 9.59 Å². The Kier molecular flexibility index (Phi) is 3.47. The van der Waals surface area contributed by atoms with E-state index in [9.17, 15) is 14.4 Å². The molecule has 106 valence electrons. The molecule has 1 aromatic carbocycles. The zero-order valence-electron chi connectivity index (χ0n) is 11.0. The van der Waals surface area contributed by atoms with Crippen LogP contribution < -0.4 is 5.56 Å². The molecule has 2 amide bonds. The standard InChI is InChI=1S/C15H11BrN2O3/c16-12-6-3-7-17(15(12)21)8-9-18-13(19)10-4-1-2-5-11(10)14(18)20/h1-7H,8-9H2. The van der Waals surface area contributed by atoms with Gasteiger partial charge in [0.25, 0.3) is 17.4 Å². The predicted octanol–water partition coefficient (Wildman–Crippen LogP) is 1.91. The quantitative estimate of drug-likeness (QED) is 0.797. The summed E-state index contributed by atoms with van der Waals surface area (Å²) < 4.78 is 1.92. The second kappa shape index (κ2) is 5.29. The SMILES string of the molecule is O=C1c2ccccc2C(=O)N1CCn1cccc(Br)c1=O. The highest BCUT2D eigenvalue weighted by atomic mass is 79.9. The van der Waals surface area contributed by atoms with Gasteiger partial charge in [0.15, 0.2) is 0 Å². The Morgan fingerprint density at radius 3 is 2.10 bits per heavy atom. The van der Waals surface area contributed by atoms with Crippen molar-refractivity contribution in [2.24, 2.45) is 0 Å². The van der Waals surface area contributed by atoms with E-state index in [1.807, 2.05) is 0 Å². The number of hydrogen-bond acceptors (Lipinski definition) is 3. The van der Waals surface area contributed by atoms with Gasteiger partial charge in [-0.3, -0.25) is 19.3 Å². The van der Waals surface area contributed by atoms with E-state index in [1.165, 1.54) is 9.47 Å². The summed E-state index contributed by atoms with van der Waals surface area (Å²) in [5.41, 5.74) is 0.655. The van der Waals surface area contributed by atoms with Crippen LogP contribution in [-0.4, -0.2) is 27.8 Å². The van der Waals surface area contributed by atoms with Crippen molar-refractivity contribution in [3.05, 3.63) is 68.5 Å². The van der Waals surface area contributed by atoms with Gasteiger partial charge in [0.1, 0.15) is 0 Å². The molecular weight excluding hydrogens is 336 g/mol. The molecule has 0 aliphatic carbocycles. The third-order valence-corrected chi connectivity index (χ3v) is 4.02. The summed E-state index contributed by atoms with van der Waals surface area (Å²) in [6.45, 7) is 0.437. The number of nitrogens with zero attached hydrogens (tertiary/aromatic N) is 2. The highest BCUT2D eigenvalue weighted by Crippen LogP contribution is 2.22. The fourth-order valence-electron chi connectivity index (χ4n) is 2.33. The predicted molar refractivity (Wildman–Crippen MR) is 80.2 cm³/mol. The van der Waals surface area contributed by atoms with Crippen LogP contribution in [0.2, 0.25) is 0 Å². The Balaban J connectivity index is 1.82. The molecule has 2 aromatic rings. The van der Waals surface area contributed by atoms with Gasteiger partial charge in [-0.05, 0) is 40.2 Å². The molecule has 0 saturated carbocycles. The van der Waals surface area contributed by atoms with Crippen LogP contribution in [0.5, 0.6) is 0 Å². The molecule has 0 unspecified atom stereocenters. The van der Waals surface area contributed by atoms with Crippen molar-refractivity contribution in [2.45, 2.75) is 6.54 Å². The molecule has 2 heterocycles. The molecule has 0 fully saturated rings. The van der Waals surface area contributed by atoms with Crippen molar-refractivity contribution in [3.8, 4) is 0 Å². The van der Waals surface area contributed by atoms with Crippen LogP contribution in [0.4, 0.5) is 0 Å². The van der Waals surface area contributed by atoms with Gasteiger partial charge in [-0.2, -0.15) is 0 Å². The maximum atomic E-state index is 12.2. The van der Waals surface area contributed by atoms with E-state index in [0.717, 1.165) is 0 Å². The first-order chi connectivity index (χ1) is 10.1. The molecular formula is C15H11BrN2O3. The summed E-state index contributed by atoms with van der Waals surface area (Å²) in [7, 11) is 0. The molecule has 6 heteroatoms. The van der Waals surface area contributed by atoms with E-state index in [1.54, 1.807) is 42.6 Å². The van der Waals surface area contributed by atoms with Gasteiger partial charge in [-0.25, -0.2) is 0 Å². The molecule has 1 aliphatic rings. The smallest absolute Gasteiger partial charge is 0.264 e. The van der Waals surface area contributed by atoms with E-state index in [-0.39, 0.29) is 30.5 Å². The number of amides is 2. The number of carbonyl (C=O) groups excluding carboxylic acids is 2. The largest absolute Gasteiger partial charge is 0.313 e. The van der Waals surface area contributed by atoms with Gasteiger partial charge in [-0.15, -0.1) is 0 Å². The molecule has 0 spiro atoms. The van der Waals surface area contributed by atoms with Crippen LogP contribution in [0.15, 0.2) is 51.9 Å². The van der Waals surface area contributed by atoms with Crippen LogP contribution in [0, 0.1) is 0 Å². The maximum Gasteiger partial charge on any atom is 0.264 e. The Morgan fingerprint density at radius 1 is 0.857 bits per heavy atom. The number of halogens is 1. The van der Waals surface area contributed by atoms with Gasteiger partial charge in [0.2, 0.25) is 0 Å². The number of rotatable bonds is 3. The van der Waals surface area contributed by atoms with Crippen molar-refractivity contribution in [1.82, 2.24) is 9.47 Å². The lowest BCUT2D eigenvalue weighted by atomic mass is 10.1. The minimum Gasteiger partial charge on any atom is -0.313 e. The molecule has 5 nitrogen and oxygen atoms in total. The lowest BCUT2D eigenvalue weighted by molar-refractivity contribution is 0.0648. The minimum atomic E-state index is -0.307. The Labute approximate surface area is 128 Å². The molecule has 0 saturated heterocycles. The van der Waals surface area contributed by atoms with Crippen LogP contribution >= 0.6 is 15.9 Å². The average Bonchev–Trinajstić information content (AvgIpc) is 2.73. The minimum absolute atomic E-state index is 0.169. The molecule has 1 aromatic heterocycles. The van der Waals surface area contributed by atoms with E-state index in [4.69, 9.17) is 0 Å².